The highest BCUT2D eigenvalue weighted by molar-refractivity contribution is 5.01. The van der Waals surface area contributed by atoms with Crippen LogP contribution >= 0.6 is 0 Å². The van der Waals surface area contributed by atoms with Crippen molar-refractivity contribution in [1.29, 1.82) is 0 Å². The molecule has 3 nitrogen and oxygen atoms in total. The first-order valence-electron chi connectivity index (χ1n) is 5.73. The van der Waals surface area contributed by atoms with E-state index in [0.29, 0.717) is 0 Å². The van der Waals surface area contributed by atoms with Crippen LogP contribution in [0.1, 0.15) is 46.0 Å². The minimum Gasteiger partial charge on any atom is -0.387 e. The molecule has 0 radical (unpaired) electrons. The van der Waals surface area contributed by atoms with Gasteiger partial charge in [-0.25, -0.2) is 0 Å². The molecule has 0 unspecified atom stereocenters. The lowest BCUT2D eigenvalue weighted by atomic mass is 9.96. The van der Waals surface area contributed by atoms with Crippen molar-refractivity contribution in [3.05, 3.63) is 0 Å². The molecule has 0 bridgehead atoms. The molecule has 0 amide bonds. The molecule has 2 rings (SSSR count). The Bertz CT molecular complexity index is 207. The quantitative estimate of drug-likeness (QED) is 0.755. The van der Waals surface area contributed by atoms with Gasteiger partial charge < -0.3 is 14.6 Å². The molecule has 1 aliphatic heterocycles. The van der Waals surface area contributed by atoms with Crippen molar-refractivity contribution < 1.29 is 14.6 Å². The minimum absolute atomic E-state index is 0.0756. The van der Waals surface area contributed by atoms with Crippen LogP contribution in [-0.2, 0) is 9.47 Å². The minimum atomic E-state index is -0.632. The van der Waals surface area contributed by atoms with Crippen molar-refractivity contribution >= 4 is 0 Å². The average molecular weight is 200 g/mol. The molecule has 1 aliphatic carbocycles. The summed E-state index contributed by atoms with van der Waals surface area (Å²) >= 11 is 0. The fraction of sp³-hybridized carbons (Fsp3) is 1.00. The van der Waals surface area contributed by atoms with Gasteiger partial charge in [0.05, 0.1) is 11.7 Å². The van der Waals surface area contributed by atoms with Crippen molar-refractivity contribution in [2.45, 2.75) is 70.1 Å². The Morgan fingerprint density at radius 2 is 2.14 bits per heavy atom. The smallest absolute Gasteiger partial charge is 0.158 e. The van der Waals surface area contributed by atoms with Gasteiger partial charge >= 0.3 is 0 Å². The Hall–Kier alpha value is -0.120. The molecule has 3 heteroatoms. The maximum absolute atomic E-state index is 10.3. The molecule has 82 valence electrons. The molecular formula is C11H20O3. The summed E-state index contributed by atoms with van der Waals surface area (Å²) in [4.78, 5) is 0. The van der Waals surface area contributed by atoms with Gasteiger partial charge in [-0.3, -0.25) is 0 Å². The molecule has 1 heterocycles. The molecule has 0 spiro atoms. The summed E-state index contributed by atoms with van der Waals surface area (Å²) in [6, 6.07) is 0. The predicted octanol–water partition coefficient (Wildman–Crippen LogP) is 1.83. The van der Waals surface area contributed by atoms with Crippen LogP contribution in [0.2, 0.25) is 0 Å². The third kappa shape index (κ3) is 1.58. The van der Waals surface area contributed by atoms with Crippen molar-refractivity contribution in [2.24, 2.45) is 0 Å². The van der Waals surface area contributed by atoms with E-state index in [0.717, 1.165) is 32.1 Å². The largest absolute Gasteiger partial charge is 0.387 e. The maximum Gasteiger partial charge on any atom is 0.158 e. The number of hydrogen-bond acceptors (Lipinski definition) is 3. The summed E-state index contributed by atoms with van der Waals surface area (Å²) in [5, 5.41) is 10.3. The van der Waals surface area contributed by atoms with Crippen LogP contribution in [0.4, 0.5) is 0 Å². The van der Waals surface area contributed by atoms with E-state index >= 15 is 0 Å². The summed E-state index contributed by atoms with van der Waals surface area (Å²) in [7, 11) is 0. The molecule has 1 saturated heterocycles. The first-order chi connectivity index (χ1) is 6.69. The standard InChI is InChI=1S/C11H20O3/c1-3-5-9-13-8-6-7-11(12,4-2)10(8)14-9/h8-10,12H,3-7H2,1-2H3/t8-,9-,10-,11-/m0/s1. The third-order valence-electron chi connectivity index (χ3n) is 3.49. The summed E-state index contributed by atoms with van der Waals surface area (Å²) in [6.45, 7) is 4.13. The zero-order valence-corrected chi connectivity index (χ0v) is 9.03. The van der Waals surface area contributed by atoms with E-state index in [2.05, 4.69) is 6.92 Å². The van der Waals surface area contributed by atoms with Gasteiger partial charge in [0.15, 0.2) is 6.29 Å². The highest BCUT2D eigenvalue weighted by Gasteiger charge is 2.52. The Morgan fingerprint density at radius 1 is 1.36 bits per heavy atom. The van der Waals surface area contributed by atoms with E-state index < -0.39 is 5.60 Å². The van der Waals surface area contributed by atoms with Crippen LogP contribution < -0.4 is 0 Å². The van der Waals surface area contributed by atoms with E-state index in [1.807, 2.05) is 6.92 Å². The fourth-order valence-electron chi connectivity index (χ4n) is 2.53. The maximum atomic E-state index is 10.3. The number of aliphatic hydroxyl groups is 1. The summed E-state index contributed by atoms with van der Waals surface area (Å²) in [5.41, 5.74) is -0.632. The van der Waals surface area contributed by atoms with Gasteiger partial charge in [0.1, 0.15) is 6.10 Å². The van der Waals surface area contributed by atoms with Gasteiger partial charge in [0.2, 0.25) is 0 Å². The van der Waals surface area contributed by atoms with Gasteiger partial charge in [0, 0.05) is 0 Å². The lowest BCUT2D eigenvalue weighted by Gasteiger charge is -2.26. The molecule has 14 heavy (non-hydrogen) atoms. The second-order valence-electron chi connectivity index (χ2n) is 4.45. The SMILES string of the molecule is CCC[C@H]1O[C@H]2CC[C@@](O)(CC)[C@H]2O1. The molecule has 2 aliphatic rings. The zero-order valence-electron chi connectivity index (χ0n) is 9.03. The number of ether oxygens (including phenoxy) is 2. The Kier molecular flexibility index (Phi) is 2.82. The second-order valence-corrected chi connectivity index (χ2v) is 4.45. The fourth-order valence-corrected chi connectivity index (χ4v) is 2.53. The van der Waals surface area contributed by atoms with E-state index in [-0.39, 0.29) is 18.5 Å². The van der Waals surface area contributed by atoms with Gasteiger partial charge in [0.25, 0.3) is 0 Å². The summed E-state index contributed by atoms with van der Waals surface area (Å²) < 4.78 is 11.5. The number of fused-ring (bicyclic) bond motifs is 1. The van der Waals surface area contributed by atoms with E-state index in [1.54, 1.807) is 0 Å². The zero-order chi connectivity index (χ0) is 10.2. The lowest BCUT2D eigenvalue weighted by Crippen LogP contribution is -2.40. The van der Waals surface area contributed by atoms with E-state index in [1.165, 1.54) is 0 Å². The van der Waals surface area contributed by atoms with Gasteiger partial charge in [-0.1, -0.05) is 20.3 Å². The van der Waals surface area contributed by atoms with Crippen LogP contribution in [0, 0.1) is 0 Å². The first kappa shape index (κ1) is 10.4. The Labute approximate surface area is 85.4 Å². The molecule has 0 aromatic rings. The van der Waals surface area contributed by atoms with Crippen molar-refractivity contribution in [1.82, 2.24) is 0 Å². The van der Waals surface area contributed by atoms with E-state index in [4.69, 9.17) is 9.47 Å². The van der Waals surface area contributed by atoms with Crippen molar-refractivity contribution in [2.75, 3.05) is 0 Å². The topological polar surface area (TPSA) is 38.7 Å². The van der Waals surface area contributed by atoms with Gasteiger partial charge in [-0.05, 0) is 25.7 Å². The van der Waals surface area contributed by atoms with Crippen LogP contribution in [0.3, 0.4) is 0 Å². The van der Waals surface area contributed by atoms with Crippen molar-refractivity contribution in [3.8, 4) is 0 Å². The highest BCUT2D eigenvalue weighted by atomic mass is 16.7. The third-order valence-corrected chi connectivity index (χ3v) is 3.49. The monoisotopic (exact) mass is 200 g/mol. The molecule has 0 aromatic carbocycles. The second kappa shape index (κ2) is 3.80. The molecule has 0 aromatic heterocycles. The van der Waals surface area contributed by atoms with Crippen LogP contribution in [0.5, 0.6) is 0 Å². The van der Waals surface area contributed by atoms with Crippen LogP contribution in [-0.4, -0.2) is 29.2 Å². The number of hydrogen-bond donors (Lipinski definition) is 1. The Balaban J connectivity index is 1.99. The van der Waals surface area contributed by atoms with Crippen molar-refractivity contribution in [3.63, 3.8) is 0 Å². The molecule has 4 atom stereocenters. The summed E-state index contributed by atoms with van der Waals surface area (Å²) in [5.74, 6) is 0. The number of rotatable bonds is 3. The predicted molar refractivity (Wildman–Crippen MR) is 52.9 cm³/mol. The molecule has 1 N–H and O–H groups in total. The van der Waals surface area contributed by atoms with Crippen LogP contribution in [0.15, 0.2) is 0 Å². The first-order valence-corrected chi connectivity index (χ1v) is 5.73. The normalized spacial score (nSPS) is 46.9. The molecule has 1 saturated carbocycles. The average Bonchev–Trinajstić information content (AvgIpc) is 2.69. The molecular weight excluding hydrogens is 180 g/mol. The van der Waals surface area contributed by atoms with E-state index in [9.17, 15) is 5.11 Å². The highest BCUT2D eigenvalue weighted by Crippen LogP contribution is 2.42. The van der Waals surface area contributed by atoms with Gasteiger partial charge in [-0.15, -0.1) is 0 Å². The van der Waals surface area contributed by atoms with Gasteiger partial charge in [-0.2, -0.15) is 0 Å². The molecule has 2 fully saturated rings. The Morgan fingerprint density at radius 3 is 2.79 bits per heavy atom. The summed E-state index contributed by atoms with van der Waals surface area (Å²) in [6.07, 6.45) is 4.50. The van der Waals surface area contributed by atoms with Crippen LogP contribution in [0.25, 0.3) is 0 Å². The lowest BCUT2D eigenvalue weighted by molar-refractivity contribution is -0.124.